The van der Waals surface area contributed by atoms with Gasteiger partial charge in [0.15, 0.2) is 0 Å². The number of para-hydroxylation sites is 2. The van der Waals surface area contributed by atoms with Crippen molar-refractivity contribution in [3.8, 4) is 0 Å². The third kappa shape index (κ3) is 4.58. The molecule has 6 nitrogen and oxygen atoms in total. The summed E-state index contributed by atoms with van der Waals surface area (Å²) in [7, 11) is -3.14. The lowest BCUT2D eigenvalue weighted by Gasteiger charge is -2.40. The third-order valence-corrected chi connectivity index (χ3v) is 7.32. The molecule has 1 atom stereocenters. The summed E-state index contributed by atoms with van der Waals surface area (Å²) in [6, 6.07) is 8.09. The van der Waals surface area contributed by atoms with E-state index in [1.807, 2.05) is 30.5 Å². The molecule has 0 bridgehead atoms. The number of hydrogen-bond acceptors (Lipinski definition) is 5. The van der Waals surface area contributed by atoms with Crippen LogP contribution in [0.4, 0.5) is 5.82 Å². The number of halogens is 1. The number of anilines is 1. The first-order valence-corrected chi connectivity index (χ1v) is 11.8. The standard InChI is InChI=1S/C20H28N4O2S.ClH/c1-27(25,26)24-12-6-2-3-9-19(24)16-10-13-23(14-11-16)20-15-21-17-7-4-5-8-18(17)22-20;/h4-5,7-8,15-16,19H,2-3,6,9-14H2,1H3;1H. The highest BCUT2D eigenvalue weighted by Gasteiger charge is 2.35. The van der Waals surface area contributed by atoms with Gasteiger partial charge in [0, 0.05) is 25.7 Å². The van der Waals surface area contributed by atoms with Gasteiger partial charge in [0.05, 0.1) is 23.5 Å². The number of benzene rings is 1. The number of hydrogen-bond donors (Lipinski definition) is 0. The summed E-state index contributed by atoms with van der Waals surface area (Å²) in [6.45, 7) is 2.50. The highest BCUT2D eigenvalue weighted by atomic mass is 35.5. The van der Waals surface area contributed by atoms with Crippen LogP contribution in [-0.4, -0.2) is 54.6 Å². The minimum Gasteiger partial charge on any atom is -0.355 e. The van der Waals surface area contributed by atoms with Crippen LogP contribution in [0.2, 0.25) is 0 Å². The molecule has 4 rings (SSSR count). The van der Waals surface area contributed by atoms with Crippen molar-refractivity contribution < 1.29 is 8.42 Å². The lowest BCUT2D eigenvalue weighted by atomic mass is 9.87. The van der Waals surface area contributed by atoms with Crippen molar-refractivity contribution in [2.45, 2.75) is 44.6 Å². The third-order valence-electron chi connectivity index (χ3n) is 6.02. The first-order chi connectivity index (χ1) is 13.0. The lowest BCUT2D eigenvalue weighted by Crippen LogP contribution is -2.47. The summed E-state index contributed by atoms with van der Waals surface area (Å²) in [5, 5.41) is 0. The molecule has 1 aromatic carbocycles. The van der Waals surface area contributed by atoms with Crippen molar-refractivity contribution in [3.05, 3.63) is 30.5 Å². The van der Waals surface area contributed by atoms with Crippen LogP contribution in [0.3, 0.4) is 0 Å². The molecule has 28 heavy (non-hydrogen) atoms. The fraction of sp³-hybridized carbons (Fsp3) is 0.600. The average Bonchev–Trinajstić information content (AvgIpc) is 2.94. The molecule has 0 saturated carbocycles. The fourth-order valence-electron chi connectivity index (χ4n) is 4.60. The van der Waals surface area contributed by atoms with E-state index in [0.29, 0.717) is 12.5 Å². The molecule has 1 unspecified atom stereocenters. The number of rotatable bonds is 3. The number of fused-ring (bicyclic) bond motifs is 1. The number of sulfonamides is 1. The van der Waals surface area contributed by atoms with E-state index < -0.39 is 10.0 Å². The summed E-state index contributed by atoms with van der Waals surface area (Å²) in [5.74, 6) is 1.36. The lowest BCUT2D eigenvalue weighted by molar-refractivity contribution is 0.206. The van der Waals surface area contributed by atoms with Crippen LogP contribution in [-0.2, 0) is 10.0 Å². The Morgan fingerprint density at radius 2 is 1.68 bits per heavy atom. The van der Waals surface area contributed by atoms with Crippen molar-refractivity contribution >= 4 is 39.3 Å². The molecule has 2 saturated heterocycles. The van der Waals surface area contributed by atoms with E-state index in [4.69, 9.17) is 4.98 Å². The first kappa shape index (κ1) is 21.3. The number of aromatic nitrogens is 2. The van der Waals surface area contributed by atoms with Gasteiger partial charge in [-0.1, -0.05) is 25.0 Å². The van der Waals surface area contributed by atoms with Gasteiger partial charge in [0.2, 0.25) is 10.0 Å². The van der Waals surface area contributed by atoms with Gasteiger partial charge in [-0.05, 0) is 43.7 Å². The summed E-state index contributed by atoms with van der Waals surface area (Å²) >= 11 is 0. The molecule has 2 aliphatic rings. The van der Waals surface area contributed by atoms with Gasteiger partial charge in [-0.3, -0.25) is 4.98 Å². The highest BCUT2D eigenvalue weighted by molar-refractivity contribution is 7.88. The second-order valence-electron chi connectivity index (χ2n) is 7.83. The van der Waals surface area contributed by atoms with Gasteiger partial charge in [-0.2, -0.15) is 4.31 Å². The molecular weight excluding hydrogens is 396 g/mol. The number of nitrogens with zero attached hydrogens (tertiary/aromatic N) is 4. The zero-order valence-corrected chi connectivity index (χ0v) is 18.0. The summed E-state index contributed by atoms with van der Waals surface area (Å²) in [5.41, 5.74) is 1.84. The molecule has 154 valence electrons. The Hall–Kier alpha value is -1.44. The summed E-state index contributed by atoms with van der Waals surface area (Å²) < 4.78 is 26.4. The van der Waals surface area contributed by atoms with Crippen molar-refractivity contribution in [3.63, 3.8) is 0 Å². The van der Waals surface area contributed by atoms with Crippen molar-refractivity contribution in [2.75, 3.05) is 30.8 Å². The Bertz CT molecular complexity index is 900. The van der Waals surface area contributed by atoms with Crippen molar-refractivity contribution in [2.24, 2.45) is 5.92 Å². The topological polar surface area (TPSA) is 66.4 Å². The van der Waals surface area contributed by atoms with Crippen LogP contribution < -0.4 is 4.90 Å². The highest BCUT2D eigenvalue weighted by Crippen LogP contribution is 2.32. The molecule has 2 fully saturated rings. The Morgan fingerprint density at radius 1 is 0.964 bits per heavy atom. The van der Waals surface area contributed by atoms with Crippen molar-refractivity contribution in [1.29, 1.82) is 0 Å². The van der Waals surface area contributed by atoms with Gasteiger partial charge >= 0.3 is 0 Å². The van der Waals surface area contributed by atoms with Gasteiger partial charge in [-0.25, -0.2) is 13.4 Å². The number of piperidine rings is 1. The largest absolute Gasteiger partial charge is 0.355 e. The van der Waals surface area contributed by atoms with Crippen LogP contribution in [0.5, 0.6) is 0 Å². The van der Waals surface area contributed by atoms with Gasteiger partial charge < -0.3 is 4.90 Å². The SMILES string of the molecule is CS(=O)(=O)N1CCCCCC1C1CCN(c2cnc3ccccc3n2)CC1.Cl. The maximum absolute atomic E-state index is 12.3. The van der Waals surface area contributed by atoms with E-state index in [-0.39, 0.29) is 18.4 Å². The Kier molecular flexibility index (Phi) is 6.78. The van der Waals surface area contributed by atoms with E-state index in [1.165, 1.54) is 6.26 Å². The monoisotopic (exact) mass is 424 g/mol. The molecule has 2 aliphatic heterocycles. The zero-order valence-electron chi connectivity index (χ0n) is 16.3. The first-order valence-electron chi connectivity index (χ1n) is 9.96. The molecule has 3 heterocycles. The summed E-state index contributed by atoms with van der Waals surface area (Å²) in [4.78, 5) is 11.6. The normalized spacial score (nSPS) is 22.6. The quantitative estimate of drug-likeness (QED) is 0.754. The van der Waals surface area contributed by atoms with E-state index in [1.54, 1.807) is 4.31 Å². The molecule has 0 radical (unpaired) electrons. The smallest absolute Gasteiger partial charge is 0.211 e. The average molecular weight is 425 g/mol. The molecular formula is C20H29ClN4O2S. The van der Waals surface area contributed by atoms with Gasteiger partial charge in [0.1, 0.15) is 5.82 Å². The molecule has 0 N–H and O–H groups in total. The molecule has 2 aromatic rings. The van der Waals surface area contributed by atoms with Crippen LogP contribution in [0.25, 0.3) is 11.0 Å². The van der Waals surface area contributed by atoms with Crippen molar-refractivity contribution in [1.82, 2.24) is 14.3 Å². The minimum absolute atomic E-state index is 0. The fourth-order valence-corrected chi connectivity index (χ4v) is 5.83. The molecule has 0 amide bonds. The van der Waals surface area contributed by atoms with Crippen LogP contribution in [0.1, 0.15) is 38.5 Å². The van der Waals surface area contributed by atoms with Gasteiger partial charge in [0.25, 0.3) is 0 Å². The van der Waals surface area contributed by atoms with E-state index >= 15 is 0 Å². The Balaban J connectivity index is 0.00000225. The summed E-state index contributed by atoms with van der Waals surface area (Å²) in [6.07, 6.45) is 9.47. The zero-order chi connectivity index (χ0) is 18.9. The van der Waals surface area contributed by atoms with E-state index in [9.17, 15) is 8.42 Å². The second-order valence-corrected chi connectivity index (χ2v) is 9.77. The van der Waals surface area contributed by atoms with Crippen LogP contribution >= 0.6 is 12.4 Å². The Labute approximate surface area is 173 Å². The van der Waals surface area contributed by atoms with E-state index in [0.717, 1.165) is 68.5 Å². The molecule has 0 spiro atoms. The predicted octanol–water partition coefficient (Wildman–Crippen LogP) is 3.47. The Morgan fingerprint density at radius 3 is 2.39 bits per heavy atom. The molecule has 1 aromatic heterocycles. The molecule has 0 aliphatic carbocycles. The maximum atomic E-state index is 12.3. The second kappa shape index (κ2) is 8.93. The van der Waals surface area contributed by atoms with Gasteiger partial charge in [-0.15, -0.1) is 12.4 Å². The van der Waals surface area contributed by atoms with Crippen LogP contribution in [0, 0.1) is 5.92 Å². The van der Waals surface area contributed by atoms with Crippen LogP contribution in [0.15, 0.2) is 30.5 Å². The maximum Gasteiger partial charge on any atom is 0.211 e. The molecule has 8 heteroatoms. The predicted molar refractivity (Wildman–Crippen MR) is 116 cm³/mol. The minimum atomic E-state index is -3.14. The van der Waals surface area contributed by atoms with E-state index in [2.05, 4.69) is 9.88 Å².